The highest BCUT2D eigenvalue weighted by atomic mass is 127. The van der Waals surface area contributed by atoms with Gasteiger partial charge in [0.15, 0.2) is 12.5 Å². The molecule has 8 atom stereocenters. The Labute approximate surface area is 259 Å². The summed E-state index contributed by atoms with van der Waals surface area (Å²) in [4.78, 5) is 72.4. The molecule has 4 rings (SSSR count). The number of carbonyl (C=O) groups excluding carboxylic acids is 1. The average Bonchev–Trinajstić information content (AvgIpc) is 3.35. The van der Waals surface area contributed by atoms with E-state index in [1.807, 2.05) is 4.98 Å². The fraction of sp³-hybridized carbons (Fsp3) is 0.550. The van der Waals surface area contributed by atoms with Crippen molar-refractivity contribution in [2.24, 2.45) is 0 Å². The molecule has 248 valence electrons. The minimum Gasteiger partial charge on any atom is -0.387 e. The number of carbonyl (C=O) groups is 1. The van der Waals surface area contributed by atoms with Crippen molar-refractivity contribution in [2.75, 3.05) is 13.2 Å². The first-order valence-corrected chi connectivity index (χ1v) is 16.3. The highest BCUT2D eigenvalue weighted by molar-refractivity contribution is 14.1. The number of hydrogen-bond donors (Lipinski definition) is 10. The number of phosphoric acid groups is 2. The van der Waals surface area contributed by atoms with E-state index < -0.39 is 89.2 Å². The van der Waals surface area contributed by atoms with E-state index >= 15 is 0 Å². The first-order chi connectivity index (χ1) is 20.2. The molecule has 0 saturated carbocycles. The number of phosphoric ester groups is 2. The monoisotopic (exact) mass is 786 g/mol. The maximum Gasteiger partial charge on any atom is 0.469 e. The van der Waals surface area contributed by atoms with Gasteiger partial charge in [0, 0.05) is 18.0 Å². The summed E-state index contributed by atoms with van der Waals surface area (Å²) in [5.74, 6) is -0.227. The molecule has 21 nitrogen and oxygen atoms in total. The van der Waals surface area contributed by atoms with Crippen molar-refractivity contribution in [1.29, 1.82) is 0 Å². The third kappa shape index (κ3) is 9.11. The van der Waals surface area contributed by atoms with Crippen LogP contribution in [0.15, 0.2) is 38.0 Å². The fourth-order valence-electron chi connectivity index (χ4n) is 4.05. The molecule has 24 heteroatoms. The van der Waals surface area contributed by atoms with Gasteiger partial charge in [0.1, 0.15) is 42.4 Å². The molecule has 0 aromatic carbocycles. The molecule has 1 amide bonds. The number of nitrogens with zero attached hydrogens (tertiary/aromatic N) is 2. The Hall–Kier alpha value is -1.86. The predicted octanol–water partition coefficient (Wildman–Crippen LogP) is -3.70. The molecule has 1 aromatic heterocycles. The highest BCUT2D eigenvalue weighted by Gasteiger charge is 2.47. The summed E-state index contributed by atoms with van der Waals surface area (Å²) in [7, 11) is -9.49. The maximum atomic E-state index is 11.7. The van der Waals surface area contributed by atoms with Gasteiger partial charge in [0.2, 0.25) is 0 Å². The third-order valence-corrected chi connectivity index (χ3v) is 7.96. The number of rotatable bonds is 8. The molecule has 1 aromatic rings. The second kappa shape index (κ2) is 14.3. The number of hydrogen-bond acceptors (Lipinski definition) is 14. The largest absolute Gasteiger partial charge is 0.469 e. The van der Waals surface area contributed by atoms with E-state index in [0.29, 0.717) is 3.58 Å². The van der Waals surface area contributed by atoms with Crippen molar-refractivity contribution in [3.63, 3.8) is 0 Å². The van der Waals surface area contributed by atoms with Crippen LogP contribution >= 0.6 is 38.2 Å². The number of nitrogens with one attached hydrogen (secondary N) is 2. The lowest BCUT2D eigenvalue weighted by atomic mass is 10.1. The lowest BCUT2D eigenvalue weighted by molar-refractivity contribution is -0.118. The molecule has 3 aliphatic rings. The summed E-state index contributed by atoms with van der Waals surface area (Å²) in [6.07, 6.45) is -8.19. The summed E-state index contributed by atoms with van der Waals surface area (Å²) in [5, 5.41) is 42.1. The van der Waals surface area contributed by atoms with Gasteiger partial charge in [-0.25, -0.2) is 13.9 Å². The Morgan fingerprint density at radius 2 is 1.39 bits per heavy atom. The van der Waals surface area contributed by atoms with E-state index in [1.54, 1.807) is 22.6 Å². The van der Waals surface area contributed by atoms with Gasteiger partial charge in [-0.1, -0.05) is 6.58 Å². The number of aromatic amines is 1. The third-order valence-electron chi connectivity index (χ3n) is 6.22. The van der Waals surface area contributed by atoms with Gasteiger partial charge >= 0.3 is 21.3 Å². The van der Waals surface area contributed by atoms with Crippen LogP contribution in [-0.2, 0) is 32.4 Å². The molecule has 2 saturated heterocycles. The van der Waals surface area contributed by atoms with Crippen LogP contribution in [0.1, 0.15) is 11.8 Å². The molecule has 0 aliphatic carbocycles. The van der Waals surface area contributed by atoms with Crippen LogP contribution in [-0.4, -0.2) is 116 Å². The van der Waals surface area contributed by atoms with E-state index in [-0.39, 0.29) is 17.3 Å². The van der Waals surface area contributed by atoms with E-state index in [4.69, 9.17) is 29.0 Å². The lowest BCUT2D eigenvalue weighted by Crippen LogP contribution is -2.47. The average molecular weight is 786 g/mol. The second-order valence-corrected chi connectivity index (χ2v) is 13.1. The van der Waals surface area contributed by atoms with Gasteiger partial charge in [-0.15, -0.1) is 0 Å². The number of amides is 1. The highest BCUT2D eigenvalue weighted by Crippen LogP contribution is 2.39. The number of H-pyrrole nitrogens is 1. The summed E-state index contributed by atoms with van der Waals surface area (Å²) >= 11 is 1.78. The van der Waals surface area contributed by atoms with Gasteiger partial charge in [-0.05, 0) is 29.5 Å². The first-order valence-electron chi connectivity index (χ1n) is 12.1. The second-order valence-electron chi connectivity index (χ2n) is 9.43. The van der Waals surface area contributed by atoms with Crippen molar-refractivity contribution < 1.29 is 72.4 Å². The smallest absolute Gasteiger partial charge is 0.387 e. The Kier molecular flexibility index (Phi) is 11.9. The van der Waals surface area contributed by atoms with Crippen LogP contribution in [0.25, 0.3) is 0 Å². The Balaban J connectivity index is 0.000000240. The number of aliphatic hydroxyl groups excluding tert-OH is 4. The molecule has 3 aliphatic heterocycles. The minimum atomic E-state index is -4.77. The van der Waals surface area contributed by atoms with Crippen LogP contribution < -0.4 is 16.6 Å². The number of aryl methyl sites for hydroxylation is 1. The predicted molar refractivity (Wildman–Crippen MR) is 150 cm³/mol. The van der Waals surface area contributed by atoms with Gasteiger partial charge in [-0.3, -0.25) is 28.2 Å². The van der Waals surface area contributed by atoms with Crippen molar-refractivity contribution in [3.05, 3.63) is 54.8 Å². The quantitative estimate of drug-likeness (QED) is 0.0895. The molecular formula is C20H29IN4O17P2. The number of halogens is 1. The lowest BCUT2D eigenvalue weighted by Gasteiger charge is -2.33. The molecule has 0 bridgehead atoms. The zero-order valence-corrected chi connectivity index (χ0v) is 26.3. The van der Waals surface area contributed by atoms with Crippen molar-refractivity contribution >= 4 is 44.1 Å². The van der Waals surface area contributed by atoms with Crippen molar-refractivity contribution in [2.45, 2.75) is 56.0 Å². The van der Waals surface area contributed by atoms with Crippen molar-refractivity contribution in [1.82, 2.24) is 19.8 Å². The number of ether oxygens (including phenoxy) is 2. The number of aromatic nitrogens is 2. The summed E-state index contributed by atoms with van der Waals surface area (Å²) in [5.41, 5.74) is -1.28. The summed E-state index contributed by atoms with van der Waals surface area (Å²) < 4.78 is 41.6. The van der Waals surface area contributed by atoms with Crippen LogP contribution in [0.4, 0.5) is 0 Å². The van der Waals surface area contributed by atoms with Crippen LogP contribution in [0.2, 0.25) is 0 Å². The van der Waals surface area contributed by atoms with Crippen LogP contribution in [0, 0.1) is 6.92 Å². The zero-order chi connectivity index (χ0) is 33.3. The Bertz CT molecular complexity index is 1490. The van der Waals surface area contributed by atoms with E-state index in [1.165, 1.54) is 18.0 Å². The minimum absolute atomic E-state index is 0.137. The summed E-state index contributed by atoms with van der Waals surface area (Å²) in [6, 6.07) is 0. The standard InChI is InChI=1S/C10H14IN2O8P.C10H15N2O9P/c1-4-12-9(16)5(11)2-13(4)10-8(15)7(14)6(21-10)3-20-22(17,18)19;1-4-2-12(10(16)11-8(4)15)9-7(14)6(13)5(21-9)3-20-22(17,18)19/h2,6-8,10,14-15H,1,3H2,(H,12,16)(H2,17,18,19);2,5-7,9,13-14H,3H2,1H3,(H,11,15,16)(H2,17,18,19)/t6-,7-,8?,10?;5-,6-,7?,9?/m11/s1. The van der Waals surface area contributed by atoms with E-state index in [9.17, 15) is 43.9 Å². The maximum absolute atomic E-state index is 11.7. The molecule has 44 heavy (non-hydrogen) atoms. The molecule has 10 N–H and O–H groups in total. The van der Waals surface area contributed by atoms with E-state index in [0.717, 1.165) is 10.8 Å². The molecule has 0 radical (unpaired) electrons. The SMILES string of the molecule is C=C1NC(=O)C(I)=CN1C1O[C@H](COP(=O)(O)O)[C@@H](O)C1O.Cc1cn(C2O[C@H](COP(=O)(O)O)[C@@H](O)C2O)c(=O)[nH]c1=O. The molecule has 4 heterocycles. The fourth-order valence-corrected chi connectivity index (χ4v) is 5.17. The molecular weight excluding hydrogens is 757 g/mol. The topological polar surface area (TPSA) is 320 Å². The molecule has 4 unspecified atom stereocenters. The van der Waals surface area contributed by atoms with Crippen LogP contribution in [0.3, 0.4) is 0 Å². The van der Waals surface area contributed by atoms with Gasteiger partial charge in [0.05, 0.1) is 16.8 Å². The van der Waals surface area contributed by atoms with E-state index in [2.05, 4.69) is 20.9 Å². The van der Waals surface area contributed by atoms with Crippen molar-refractivity contribution in [3.8, 4) is 0 Å². The summed E-state index contributed by atoms with van der Waals surface area (Å²) in [6.45, 7) is 3.75. The molecule has 0 spiro atoms. The Morgan fingerprint density at radius 3 is 1.89 bits per heavy atom. The van der Waals surface area contributed by atoms with Gasteiger partial charge < -0.3 is 59.7 Å². The molecule has 2 fully saturated rings. The first kappa shape index (κ1) is 36.6. The Morgan fingerprint density at radius 1 is 0.909 bits per heavy atom. The normalized spacial score (nSPS) is 31.0. The zero-order valence-electron chi connectivity index (χ0n) is 22.3. The van der Waals surface area contributed by atoms with Crippen LogP contribution in [0.5, 0.6) is 0 Å². The number of aliphatic hydroxyl groups is 4. The van der Waals surface area contributed by atoms with Gasteiger partial charge in [0.25, 0.3) is 11.5 Å². The van der Waals surface area contributed by atoms with Gasteiger partial charge in [-0.2, -0.15) is 0 Å².